The van der Waals surface area contributed by atoms with Gasteiger partial charge in [0, 0.05) is 19.6 Å². The van der Waals surface area contributed by atoms with Gasteiger partial charge in [-0.15, -0.1) is 0 Å². The zero-order chi connectivity index (χ0) is 17.8. The topological polar surface area (TPSA) is 87.5 Å². The highest BCUT2D eigenvalue weighted by Crippen LogP contribution is 2.32. The van der Waals surface area contributed by atoms with E-state index in [4.69, 9.17) is 0 Å². The fraction of sp³-hybridized carbons (Fsp3) is 0.588. The molecule has 2 atom stereocenters. The van der Waals surface area contributed by atoms with Crippen LogP contribution in [0.2, 0.25) is 0 Å². The number of nitrogens with one attached hydrogen (secondary N) is 2. The van der Waals surface area contributed by atoms with Crippen LogP contribution in [0.25, 0.3) is 0 Å². The number of nitro groups is 1. The quantitative estimate of drug-likeness (QED) is 0.625. The third-order valence-electron chi connectivity index (χ3n) is 4.94. The van der Waals surface area contributed by atoms with Crippen LogP contribution in [0, 0.1) is 21.8 Å². The fourth-order valence-electron chi connectivity index (χ4n) is 3.64. The second-order valence-electron chi connectivity index (χ2n) is 6.74. The van der Waals surface area contributed by atoms with Gasteiger partial charge in [0.25, 0.3) is 5.69 Å². The van der Waals surface area contributed by atoms with Gasteiger partial charge in [-0.05, 0) is 50.3 Å². The molecule has 7 nitrogen and oxygen atoms in total. The molecule has 3 rings (SSSR count). The molecule has 0 radical (unpaired) electrons. The number of carbonyl (C=O) groups excluding carboxylic acids is 1. The molecule has 136 valence electrons. The van der Waals surface area contributed by atoms with Crippen LogP contribution in [0.5, 0.6) is 0 Å². The lowest BCUT2D eigenvalue weighted by molar-refractivity contribution is -0.384. The summed E-state index contributed by atoms with van der Waals surface area (Å²) in [4.78, 5) is 24.7. The predicted octanol–water partition coefficient (Wildman–Crippen LogP) is 1.82. The van der Waals surface area contributed by atoms with Crippen LogP contribution in [0.15, 0.2) is 18.2 Å². The first-order valence-electron chi connectivity index (χ1n) is 8.74. The maximum absolute atomic E-state index is 13.3. The molecule has 2 heterocycles. The molecule has 0 spiro atoms. The summed E-state index contributed by atoms with van der Waals surface area (Å²) < 4.78 is 13.3. The van der Waals surface area contributed by atoms with Crippen molar-refractivity contribution in [3.8, 4) is 0 Å². The molecule has 0 aromatic heterocycles. The lowest BCUT2D eigenvalue weighted by Crippen LogP contribution is -2.45. The molecule has 8 heteroatoms. The maximum atomic E-state index is 13.3. The van der Waals surface area contributed by atoms with Gasteiger partial charge in [-0.2, -0.15) is 0 Å². The van der Waals surface area contributed by atoms with Gasteiger partial charge < -0.3 is 15.5 Å². The Morgan fingerprint density at radius 2 is 2.24 bits per heavy atom. The zero-order valence-corrected chi connectivity index (χ0v) is 14.0. The Hall–Kier alpha value is -2.22. The lowest BCUT2D eigenvalue weighted by atomic mass is 9.97. The Kier molecular flexibility index (Phi) is 5.47. The molecule has 2 saturated heterocycles. The summed E-state index contributed by atoms with van der Waals surface area (Å²) in [5, 5.41) is 17.4. The Morgan fingerprint density at radius 3 is 2.96 bits per heavy atom. The third-order valence-corrected chi connectivity index (χ3v) is 4.94. The number of hydrogen-bond donors (Lipinski definition) is 2. The van der Waals surface area contributed by atoms with Crippen LogP contribution in [0.3, 0.4) is 0 Å². The van der Waals surface area contributed by atoms with Crippen LogP contribution in [-0.4, -0.2) is 43.1 Å². The van der Waals surface area contributed by atoms with Gasteiger partial charge in [-0.25, -0.2) is 4.39 Å². The Morgan fingerprint density at radius 1 is 1.40 bits per heavy atom. The summed E-state index contributed by atoms with van der Waals surface area (Å²) in [7, 11) is 0. The summed E-state index contributed by atoms with van der Waals surface area (Å²) >= 11 is 0. The molecule has 0 aliphatic carbocycles. The van der Waals surface area contributed by atoms with Crippen molar-refractivity contribution in [2.75, 3.05) is 31.1 Å². The number of nitro benzene ring substituents is 1. The number of nitrogens with zero attached hydrogens (tertiary/aromatic N) is 2. The molecule has 25 heavy (non-hydrogen) atoms. The van der Waals surface area contributed by atoms with E-state index < -0.39 is 10.7 Å². The second kappa shape index (κ2) is 7.77. The number of anilines is 1. The van der Waals surface area contributed by atoms with Crippen molar-refractivity contribution in [2.45, 2.75) is 31.7 Å². The largest absolute Gasteiger partial charge is 0.366 e. The van der Waals surface area contributed by atoms with Gasteiger partial charge in [0.15, 0.2) is 0 Å². The molecule has 2 unspecified atom stereocenters. The number of halogens is 1. The summed E-state index contributed by atoms with van der Waals surface area (Å²) in [6, 6.07) is 3.58. The second-order valence-corrected chi connectivity index (χ2v) is 6.74. The first-order valence-corrected chi connectivity index (χ1v) is 8.74. The Balaban J connectivity index is 1.61. The van der Waals surface area contributed by atoms with Gasteiger partial charge in [0.1, 0.15) is 11.5 Å². The fourth-order valence-corrected chi connectivity index (χ4v) is 3.64. The molecular formula is C17H23FN4O3. The van der Waals surface area contributed by atoms with Crippen molar-refractivity contribution in [2.24, 2.45) is 5.92 Å². The highest BCUT2D eigenvalue weighted by atomic mass is 19.1. The van der Waals surface area contributed by atoms with Crippen molar-refractivity contribution in [3.63, 3.8) is 0 Å². The summed E-state index contributed by atoms with van der Waals surface area (Å²) in [5.74, 6) is -0.355. The van der Waals surface area contributed by atoms with E-state index in [0.717, 1.165) is 38.3 Å². The zero-order valence-electron chi connectivity index (χ0n) is 14.0. The lowest BCUT2D eigenvalue weighted by Gasteiger charge is -2.34. The number of piperidine rings is 1. The molecule has 2 fully saturated rings. The van der Waals surface area contributed by atoms with Crippen LogP contribution in [0.1, 0.15) is 25.7 Å². The SMILES string of the molecule is O=C(NCC1CCCN(c2ccc(F)cc2[N+](=O)[O-])C1)C1CCCN1. The van der Waals surface area contributed by atoms with Gasteiger partial charge in [0.2, 0.25) is 5.91 Å². The molecule has 0 bridgehead atoms. The van der Waals surface area contributed by atoms with Crippen LogP contribution < -0.4 is 15.5 Å². The van der Waals surface area contributed by atoms with Crippen molar-refractivity contribution < 1.29 is 14.1 Å². The third kappa shape index (κ3) is 4.25. The number of benzene rings is 1. The molecule has 2 N–H and O–H groups in total. The van der Waals surface area contributed by atoms with E-state index in [2.05, 4.69) is 10.6 Å². The number of rotatable bonds is 5. The van der Waals surface area contributed by atoms with Crippen LogP contribution in [0.4, 0.5) is 15.8 Å². The molecule has 2 aliphatic rings. The summed E-state index contributed by atoms with van der Waals surface area (Å²) in [6.07, 6.45) is 3.73. The standard InChI is InChI=1S/C17H23FN4O3/c18-13-5-6-15(16(9-13)22(24)25)21-8-2-3-12(11-21)10-20-17(23)14-4-1-7-19-14/h5-6,9,12,14,19H,1-4,7-8,10-11H2,(H,20,23). The summed E-state index contributed by atoms with van der Waals surface area (Å²) in [6.45, 7) is 2.75. The number of carbonyl (C=O) groups is 1. The van der Waals surface area contributed by atoms with Gasteiger partial charge in [-0.1, -0.05) is 0 Å². The highest BCUT2D eigenvalue weighted by molar-refractivity contribution is 5.82. The van der Waals surface area contributed by atoms with E-state index in [1.165, 1.54) is 12.1 Å². The van der Waals surface area contributed by atoms with E-state index in [9.17, 15) is 19.3 Å². The van der Waals surface area contributed by atoms with Crippen molar-refractivity contribution >= 4 is 17.3 Å². The van der Waals surface area contributed by atoms with E-state index in [0.29, 0.717) is 25.3 Å². The van der Waals surface area contributed by atoms with Crippen molar-refractivity contribution in [3.05, 3.63) is 34.1 Å². The van der Waals surface area contributed by atoms with E-state index in [-0.39, 0.29) is 23.6 Å². The predicted molar refractivity (Wildman–Crippen MR) is 92.0 cm³/mol. The molecule has 1 amide bonds. The Labute approximate surface area is 145 Å². The number of amides is 1. The summed E-state index contributed by atoms with van der Waals surface area (Å²) in [5.41, 5.74) is 0.236. The molecule has 2 aliphatic heterocycles. The maximum Gasteiger partial charge on any atom is 0.295 e. The molecular weight excluding hydrogens is 327 g/mol. The number of hydrogen-bond acceptors (Lipinski definition) is 5. The van der Waals surface area contributed by atoms with E-state index in [1.807, 2.05) is 4.90 Å². The minimum atomic E-state index is -0.611. The molecule has 0 saturated carbocycles. The minimum Gasteiger partial charge on any atom is -0.366 e. The van der Waals surface area contributed by atoms with Gasteiger partial charge in [-0.3, -0.25) is 14.9 Å². The smallest absolute Gasteiger partial charge is 0.295 e. The highest BCUT2D eigenvalue weighted by Gasteiger charge is 2.27. The first kappa shape index (κ1) is 17.6. The average molecular weight is 350 g/mol. The van der Waals surface area contributed by atoms with Crippen molar-refractivity contribution in [1.29, 1.82) is 0 Å². The monoisotopic (exact) mass is 350 g/mol. The average Bonchev–Trinajstić information content (AvgIpc) is 3.14. The molecule has 1 aromatic rings. The van der Waals surface area contributed by atoms with Crippen LogP contribution >= 0.6 is 0 Å². The molecule has 1 aromatic carbocycles. The Bertz CT molecular complexity index is 649. The van der Waals surface area contributed by atoms with Gasteiger partial charge >= 0.3 is 0 Å². The van der Waals surface area contributed by atoms with E-state index in [1.54, 1.807) is 0 Å². The van der Waals surface area contributed by atoms with Crippen LogP contribution in [-0.2, 0) is 4.79 Å². The van der Waals surface area contributed by atoms with E-state index >= 15 is 0 Å². The minimum absolute atomic E-state index is 0.0300. The normalized spacial score (nSPS) is 23.5. The first-order chi connectivity index (χ1) is 12.0. The van der Waals surface area contributed by atoms with Crippen molar-refractivity contribution in [1.82, 2.24) is 10.6 Å². The van der Waals surface area contributed by atoms with Gasteiger partial charge in [0.05, 0.1) is 17.0 Å².